The van der Waals surface area contributed by atoms with Crippen molar-refractivity contribution >= 4 is 17.6 Å². The number of carbonyl (C=O) groups excluding carboxylic acids is 2. The Morgan fingerprint density at radius 2 is 1.92 bits per heavy atom. The monoisotopic (exact) mass is 487 g/mol. The van der Waals surface area contributed by atoms with Crippen LogP contribution in [0.4, 0.5) is 5.82 Å². The van der Waals surface area contributed by atoms with E-state index in [2.05, 4.69) is 29.0 Å². The number of fused-ring (bicyclic) bond motifs is 1. The number of rotatable bonds is 6. The fraction of sp³-hybridized carbons (Fsp3) is 0.393. The number of benzene rings is 1. The zero-order valence-electron chi connectivity index (χ0n) is 20.9. The molecule has 2 aliphatic heterocycles. The highest BCUT2D eigenvalue weighted by molar-refractivity contribution is 6.01. The first kappa shape index (κ1) is 24.1. The molecular weight excluding hydrogens is 454 g/mol. The molecule has 1 fully saturated rings. The maximum Gasteiger partial charge on any atom is 0.270 e. The number of nitrogens with zero attached hydrogens (tertiary/aromatic N) is 4. The first-order valence-corrected chi connectivity index (χ1v) is 12.7. The molecule has 1 aromatic carbocycles. The van der Waals surface area contributed by atoms with Gasteiger partial charge in [-0.1, -0.05) is 43.3 Å². The van der Waals surface area contributed by atoms with Crippen molar-refractivity contribution in [3.05, 3.63) is 83.3 Å². The van der Waals surface area contributed by atoms with Gasteiger partial charge in [-0.15, -0.1) is 0 Å². The first-order chi connectivity index (χ1) is 17.6. The minimum Gasteiger partial charge on any atom is -0.373 e. The summed E-state index contributed by atoms with van der Waals surface area (Å²) in [5, 5.41) is 3.17. The zero-order chi connectivity index (χ0) is 25.1. The second-order valence-electron chi connectivity index (χ2n) is 9.42. The van der Waals surface area contributed by atoms with Crippen molar-refractivity contribution in [1.82, 2.24) is 19.8 Å². The Morgan fingerprint density at radius 1 is 1.11 bits per heavy atom. The SMILES string of the molecule is CC[C@@H](NC(=O)c1cc(C(=O)N2CCN(c3ccccn3)C[C@@H]2C)n2c1COCC2)c1ccccc1. The molecular formula is C28H33N5O3. The molecule has 1 saturated heterocycles. The molecule has 0 saturated carbocycles. The largest absolute Gasteiger partial charge is 0.373 e. The van der Waals surface area contributed by atoms with Crippen molar-refractivity contribution in [2.75, 3.05) is 31.1 Å². The van der Waals surface area contributed by atoms with Crippen molar-refractivity contribution in [2.24, 2.45) is 0 Å². The van der Waals surface area contributed by atoms with Crippen LogP contribution in [0.5, 0.6) is 0 Å². The van der Waals surface area contributed by atoms with Crippen LogP contribution >= 0.6 is 0 Å². The molecule has 1 N–H and O–H groups in total. The molecule has 188 valence electrons. The standard InChI is InChI=1S/C28H33N5O3/c1-3-23(21-9-5-4-6-10-21)30-27(34)22-17-24(33-15-16-36-19-25(22)33)28(35)32-14-13-31(18-20(32)2)26-11-7-8-12-29-26/h4-12,17,20,23H,3,13-16,18-19H2,1-2H3,(H,30,34)/t20-,23+/m0/s1. The van der Waals surface area contributed by atoms with Gasteiger partial charge in [-0.2, -0.15) is 0 Å². The summed E-state index contributed by atoms with van der Waals surface area (Å²) in [5.74, 6) is 0.712. The summed E-state index contributed by atoms with van der Waals surface area (Å²) in [4.78, 5) is 35.8. The lowest BCUT2D eigenvalue weighted by atomic mass is 10.0. The van der Waals surface area contributed by atoms with Crippen LogP contribution in [-0.2, 0) is 17.9 Å². The smallest absolute Gasteiger partial charge is 0.270 e. The second kappa shape index (κ2) is 10.5. The third-order valence-electron chi connectivity index (χ3n) is 7.15. The Bertz CT molecular complexity index is 1210. The predicted molar refractivity (Wildman–Crippen MR) is 138 cm³/mol. The molecule has 2 aromatic heterocycles. The number of amides is 2. The van der Waals surface area contributed by atoms with Gasteiger partial charge in [-0.3, -0.25) is 9.59 Å². The maximum atomic E-state index is 13.8. The number of pyridine rings is 1. The van der Waals surface area contributed by atoms with Crippen LogP contribution in [0.15, 0.2) is 60.8 Å². The summed E-state index contributed by atoms with van der Waals surface area (Å²) in [6.07, 6.45) is 2.56. The molecule has 0 bridgehead atoms. The number of ether oxygens (including phenoxy) is 1. The van der Waals surface area contributed by atoms with Crippen LogP contribution in [0.2, 0.25) is 0 Å². The number of hydrogen-bond acceptors (Lipinski definition) is 5. The van der Waals surface area contributed by atoms with Gasteiger partial charge in [-0.25, -0.2) is 4.98 Å². The van der Waals surface area contributed by atoms with E-state index in [1.54, 1.807) is 12.3 Å². The van der Waals surface area contributed by atoms with E-state index in [1.807, 2.05) is 58.0 Å². The van der Waals surface area contributed by atoms with Crippen molar-refractivity contribution < 1.29 is 14.3 Å². The summed E-state index contributed by atoms with van der Waals surface area (Å²) < 4.78 is 7.66. The molecule has 2 atom stereocenters. The number of carbonyl (C=O) groups is 2. The molecule has 8 nitrogen and oxygen atoms in total. The molecule has 5 rings (SSSR count). The van der Waals surface area contributed by atoms with E-state index in [1.165, 1.54) is 0 Å². The maximum absolute atomic E-state index is 13.8. The lowest BCUT2D eigenvalue weighted by Crippen LogP contribution is -2.54. The van der Waals surface area contributed by atoms with Crippen molar-refractivity contribution in [3.8, 4) is 0 Å². The zero-order valence-corrected chi connectivity index (χ0v) is 20.9. The van der Waals surface area contributed by atoms with Crippen molar-refractivity contribution in [2.45, 2.75) is 45.5 Å². The molecule has 3 aromatic rings. The number of nitrogens with one attached hydrogen (secondary N) is 1. The number of piperazine rings is 1. The van der Waals surface area contributed by atoms with Gasteiger partial charge in [0.15, 0.2) is 0 Å². The van der Waals surface area contributed by atoms with Crippen LogP contribution < -0.4 is 10.2 Å². The molecule has 2 aliphatic rings. The average Bonchev–Trinajstić information content (AvgIpc) is 3.32. The van der Waals surface area contributed by atoms with E-state index in [0.717, 1.165) is 23.5 Å². The Balaban J connectivity index is 1.36. The third kappa shape index (κ3) is 4.73. The number of hydrogen-bond donors (Lipinski definition) is 1. The quantitative estimate of drug-likeness (QED) is 0.574. The Hall–Kier alpha value is -3.65. The number of aromatic nitrogens is 2. The van der Waals surface area contributed by atoms with Gasteiger partial charge >= 0.3 is 0 Å². The van der Waals surface area contributed by atoms with Crippen LogP contribution in [-0.4, -0.2) is 58.5 Å². The molecule has 4 heterocycles. The van der Waals surface area contributed by atoms with Gasteiger partial charge in [0.05, 0.1) is 30.5 Å². The van der Waals surface area contributed by atoms with E-state index in [9.17, 15) is 9.59 Å². The predicted octanol–water partition coefficient (Wildman–Crippen LogP) is 3.65. The van der Waals surface area contributed by atoms with Crippen LogP contribution in [0, 0.1) is 0 Å². The van der Waals surface area contributed by atoms with Crippen molar-refractivity contribution in [3.63, 3.8) is 0 Å². The average molecular weight is 488 g/mol. The minimum atomic E-state index is -0.174. The molecule has 0 radical (unpaired) electrons. The highest BCUT2D eigenvalue weighted by atomic mass is 16.5. The van der Waals surface area contributed by atoms with Crippen LogP contribution in [0.3, 0.4) is 0 Å². The lowest BCUT2D eigenvalue weighted by molar-refractivity contribution is 0.0625. The van der Waals surface area contributed by atoms with E-state index >= 15 is 0 Å². The Labute approximate surface area is 211 Å². The summed E-state index contributed by atoms with van der Waals surface area (Å²) in [5.41, 5.74) is 2.91. The van der Waals surface area contributed by atoms with Gasteiger partial charge in [0.2, 0.25) is 0 Å². The fourth-order valence-electron chi connectivity index (χ4n) is 5.20. The van der Waals surface area contributed by atoms with E-state index in [0.29, 0.717) is 50.7 Å². The van der Waals surface area contributed by atoms with Gasteiger partial charge in [-0.05, 0) is 37.1 Å². The second-order valence-corrected chi connectivity index (χ2v) is 9.42. The Morgan fingerprint density at radius 3 is 2.64 bits per heavy atom. The molecule has 36 heavy (non-hydrogen) atoms. The molecule has 0 aliphatic carbocycles. The normalized spacial score (nSPS) is 18.4. The topological polar surface area (TPSA) is 79.7 Å². The van der Waals surface area contributed by atoms with Crippen LogP contribution in [0.25, 0.3) is 0 Å². The fourth-order valence-corrected chi connectivity index (χ4v) is 5.20. The van der Waals surface area contributed by atoms with E-state index in [-0.39, 0.29) is 23.9 Å². The van der Waals surface area contributed by atoms with Gasteiger partial charge in [0, 0.05) is 38.4 Å². The van der Waals surface area contributed by atoms with E-state index in [4.69, 9.17) is 4.74 Å². The van der Waals surface area contributed by atoms with Gasteiger partial charge in [0.1, 0.15) is 11.5 Å². The van der Waals surface area contributed by atoms with Gasteiger partial charge < -0.3 is 24.4 Å². The molecule has 2 amide bonds. The molecule has 0 unspecified atom stereocenters. The molecule has 0 spiro atoms. The summed E-state index contributed by atoms with van der Waals surface area (Å²) >= 11 is 0. The summed E-state index contributed by atoms with van der Waals surface area (Å²) in [6.45, 7) is 7.54. The Kier molecular flexibility index (Phi) is 7.04. The van der Waals surface area contributed by atoms with Gasteiger partial charge in [0.25, 0.3) is 11.8 Å². The summed E-state index contributed by atoms with van der Waals surface area (Å²) in [6, 6.07) is 17.5. The third-order valence-corrected chi connectivity index (χ3v) is 7.15. The molecule has 8 heteroatoms. The van der Waals surface area contributed by atoms with Crippen molar-refractivity contribution in [1.29, 1.82) is 0 Å². The lowest BCUT2D eigenvalue weighted by Gasteiger charge is -2.40. The van der Waals surface area contributed by atoms with Crippen LogP contribution in [0.1, 0.15) is 58.4 Å². The summed E-state index contributed by atoms with van der Waals surface area (Å²) in [7, 11) is 0. The van der Waals surface area contributed by atoms with E-state index < -0.39 is 0 Å². The first-order valence-electron chi connectivity index (χ1n) is 12.7. The number of anilines is 1. The minimum absolute atomic E-state index is 0.0130. The highest BCUT2D eigenvalue weighted by Gasteiger charge is 2.33. The highest BCUT2D eigenvalue weighted by Crippen LogP contribution is 2.26.